The Morgan fingerprint density at radius 3 is 2.59 bits per heavy atom. The maximum Gasteiger partial charge on any atom is 0.248 e. The zero-order valence-corrected chi connectivity index (χ0v) is 17.0. The zero-order valence-electron chi connectivity index (χ0n) is 16.2. The van der Waals surface area contributed by atoms with Gasteiger partial charge in [0.05, 0.1) is 0 Å². The van der Waals surface area contributed by atoms with E-state index in [1.807, 2.05) is 19.1 Å². The molecule has 146 valence electrons. The molecule has 1 saturated carbocycles. The summed E-state index contributed by atoms with van der Waals surface area (Å²) in [4.78, 5) is 11.3. The molecule has 0 saturated heterocycles. The second kappa shape index (κ2) is 10.5. The third-order valence-corrected chi connectivity index (χ3v) is 5.53. The van der Waals surface area contributed by atoms with Gasteiger partial charge in [0.1, 0.15) is 0 Å². The first-order chi connectivity index (χ1) is 12.6. The molecular formula is C23H31ClN2O. The Bertz CT molecular complexity index is 754. The highest BCUT2D eigenvalue weighted by molar-refractivity contribution is 5.93. The van der Waals surface area contributed by atoms with Crippen molar-refractivity contribution in [1.29, 1.82) is 0 Å². The summed E-state index contributed by atoms with van der Waals surface area (Å²) in [6.07, 6.45) is 8.39. The van der Waals surface area contributed by atoms with Crippen molar-refractivity contribution < 1.29 is 4.79 Å². The summed E-state index contributed by atoms with van der Waals surface area (Å²) in [6, 6.07) is 14.3. The van der Waals surface area contributed by atoms with Gasteiger partial charge < -0.3 is 11.1 Å². The maximum atomic E-state index is 11.3. The third-order valence-electron chi connectivity index (χ3n) is 5.53. The smallest absolute Gasteiger partial charge is 0.248 e. The summed E-state index contributed by atoms with van der Waals surface area (Å²) >= 11 is 0. The SMILES string of the molecule is Cc1cc(C(N)=O)ccc1-c1cccc(CNCCC2CCCCC2)c1.Cl. The van der Waals surface area contributed by atoms with Crippen molar-refractivity contribution in [1.82, 2.24) is 5.32 Å². The van der Waals surface area contributed by atoms with Crippen molar-refractivity contribution in [3.63, 3.8) is 0 Å². The van der Waals surface area contributed by atoms with Gasteiger partial charge in [-0.25, -0.2) is 0 Å². The van der Waals surface area contributed by atoms with E-state index in [0.29, 0.717) is 5.56 Å². The number of carbonyl (C=O) groups is 1. The Morgan fingerprint density at radius 2 is 1.89 bits per heavy atom. The number of nitrogens with one attached hydrogen (secondary N) is 1. The molecule has 0 aromatic heterocycles. The zero-order chi connectivity index (χ0) is 18.4. The van der Waals surface area contributed by atoms with Crippen LogP contribution < -0.4 is 11.1 Å². The van der Waals surface area contributed by atoms with E-state index in [9.17, 15) is 4.79 Å². The van der Waals surface area contributed by atoms with Gasteiger partial charge in [0.15, 0.2) is 0 Å². The Hall–Kier alpha value is -1.84. The van der Waals surface area contributed by atoms with Crippen LogP contribution in [0.5, 0.6) is 0 Å². The molecule has 27 heavy (non-hydrogen) atoms. The Labute approximate surface area is 169 Å². The molecule has 1 amide bonds. The van der Waals surface area contributed by atoms with E-state index in [1.54, 1.807) is 6.07 Å². The fraction of sp³-hybridized carbons (Fsp3) is 0.435. The minimum atomic E-state index is -0.379. The molecule has 0 heterocycles. The van der Waals surface area contributed by atoms with Gasteiger partial charge in [0, 0.05) is 12.1 Å². The van der Waals surface area contributed by atoms with E-state index in [2.05, 4.69) is 29.6 Å². The number of carbonyl (C=O) groups excluding carboxylic acids is 1. The molecule has 3 nitrogen and oxygen atoms in total. The number of benzene rings is 2. The van der Waals surface area contributed by atoms with Crippen LogP contribution in [0.2, 0.25) is 0 Å². The van der Waals surface area contributed by atoms with Gasteiger partial charge in [0.2, 0.25) is 5.91 Å². The average Bonchev–Trinajstić information content (AvgIpc) is 2.66. The van der Waals surface area contributed by atoms with Crippen molar-refractivity contribution in [2.45, 2.75) is 52.0 Å². The van der Waals surface area contributed by atoms with Crippen LogP contribution in [0.15, 0.2) is 42.5 Å². The first-order valence-electron chi connectivity index (χ1n) is 9.84. The monoisotopic (exact) mass is 386 g/mol. The molecule has 2 aromatic rings. The predicted octanol–water partition coefficient (Wildman–Crippen LogP) is 5.24. The second-order valence-corrected chi connectivity index (χ2v) is 7.56. The molecule has 0 atom stereocenters. The molecule has 0 unspecified atom stereocenters. The molecule has 1 aliphatic carbocycles. The van der Waals surface area contributed by atoms with Gasteiger partial charge in [-0.15, -0.1) is 12.4 Å². The van der Waals surface area contributed by atoms with Gasteiger partial charge in [-0.3, -0.25) is 4.79 Å². The first kappa shape index (κ1) is 21.5. The fourth-order valence-corrected chi connectivity index (χ4v) is 4.00. The molecule has 0 aliphatic heterocycles. The molecule has 0 radical (unpaired) electrons. The number of hydrogen-bond acceptors (Lipinski definition) is 2. The van der Waals surface area contributed by atoms with E-state index in [4.69, 9.17) is 5.73 Å². The number of rotatable bonds is 7. The number of primary amides is 1. The lowest BCUT2D eigenvalue weighted by Crippen LogP contribution is -2.19. The largest absolute Gasteiger partial charge is 0.366 e. The number of amides is 1. The first-order valence-corrected chi connectivity index (χ1v) is 9.84. The van der Waals surface area contributed by atoms with Gasteiger partial charge >= 0.3 is 0 Å². The van der Waals surface area contributed by atoms with Crippen molar-refractivity contribution in [2.24, 2.45) is 11.7 Å². The van der Waals surface area contributed by atoms with E-state index in [-0.39, 0.29) is 18.3 Å². The minimum absolute atomic E-state index is 0. The van der Waals surface area contributed by atoms with Crippen molar-refractivity contribution in [3.05, 3.63) is 59.2 Å². The predicted molar refractivity (Wildman–Crippen MR) is 115 cm³/mol. The Balaban J connectivity index is 0.00000261. The van der Waals surface area contributed by atoms with E-state index in [0.717, 1.165) is 30.1 Å². The maximum absolute atomic E-state index is 11.3. The normalized spacial score (nSPS) is 14.6. The van der Waals surface area contributed by atoms with Crippen LogP contribution in [0.4, 0.5) is 0 Å². The molecule has 1 fully saturated rings. The molecule has 2 aromatic carbocycles. The summed E-state index contributed by atoms with van der Waals surface area (Å²) in [6.45, 7) is 4.02. The fourth-order valence-electron chi connectivity index (χ4n) is 4.00. The van der Waals surface area contributed by atoms with E-state index < -0.39 is 0 Å². The summed E-state index contributed by atoms with van der Waals surface area (Å²) in [7, 11) is 0. The summed E-state index contributed by atoms with van der Waals surface area (Å²) in [5.41, 5.74) is 10.6. The highest BCUT2D eigenvalue weighted by atomic mass is 35.5. The van der Waals surface area contributed by atoms with Crippen LogP contribution in [0.1, 0.15) is 60.0 Å². The number of aryl methyl sites for hydroxylation is 1. The second-order valence-electron chi connectivity index (χ2n) is 7.56. The van der Waals surface area contributed by atoms with Crippen LogP contribution in [0, 0.1) is 12.8 Å². The van der Waals surface area contributed by atoms with Crippen LogP contribution >= 0.6 is 12.4 Å². The average molecular weight is 387 g/mol. The van der Waals surface area contributed by atoms with Gasteiger partial charge in [-0.2, -0.15) is 0 Å². The number of hydrogen-bond donors (Lipinski definition) is 2. The highest BCUT2D eigenvalue weighted by Crippen LogP contribution is 2.26. The lowest BCUT2D eigenvalue weighted by atomic mass is 9.87. The molecule has 0 bridgehead atoms. The summed E-state index contributed by atoms with van der Waals surface area (Å²) in [5.74, 6) is 0.546. The molecule has 1 aliphatic rings. The Kier molecular flexibility index (Phi) is 8.33. The van der Waals surface area contributed by atoms with Crippen molar-refractivity contribution in [2.75, 3.05) is 6.54 Å². The van der Waals surface area contributed by atoms with Crippen LogP contribution in [0.3, 0.4) is 0 Å². The van der Waals surface area contributed by atoms with Gasteiger partial charge in [0.25, 0.3) is 0 Å². The Morgan fingerprint density at radius 1 is 1.11 bits per heavy atom. The lowest BCUT2D eigenvalue weighted by Gasteiger charge is -2.21. The summed E-state index contributed by atoms with van der Waals surface area (Å²) in [5, 5.41) is 3.61. The quantitative estimate of drug-likeness (QED) is 0.639. The van der Waals surface area contributed by atoms with Gasteiger partial charge in [-0.1, -0.05) is 56.4 Å². The van der Waals surface area contributed by atoms with E-state index in [1.165, 1.54) is 49.7 Å². The number of halogens is 1. The molecule has 3 N–H and O–H groups in total. The molecule has 3 rings (SSSR count). The van der Waals surface area contributed by atoms with E-state index >= 15 is 0 Å². The highest BCUT2D eigenvalue weighted by Gasteiger charge is 2.12. The standard InChI is InChI=1S/C23H30N2O.ClH/c1-17-14-21(23(24)26)10-11-22(17)20-9-5-8-19(15-20)16-25-13-12-18-6-3-2-4-7-18;/h5,8-11,14-15,18,25H,2-4,6-7,12-13,16H2,1H3,(H2,24,26);1H. The van der Waals surface area contributed by atoms with Crippen molar-refractivity contribution in [3.8, 4) is 11.1 Å². The van der Waals surface area contributed by atoms with Crippen molar-refractivity contribution >= 4 is 18.3 Å². The van der Waals surface area contributed by atoms with Crippen LogP contribution in [0.25, 0.3) is 11.1 Å². The lowest BCUT2D eigenvalue weighted by molar-refractivity contribution is 0.1000. The minimum Gasteiger partial charge on any atom is -0.366 e. The summed E-state index contributed by atoms with van der Waals surface area (Å²) < 4.78 is 0. The molecule has 0 spiro atoms. The van der Waals surface area contributed by atoms with Crippen LogP contribution in [-0.4, -0.2) is 12.5 Å². The molecule has 4 heteroatoms. The topological polar surface area (TPSA) is 55.1 Å². The number of nitrogens with two attached hydrogens (primary N) is 1. The molecular weight excluding hydrogens is 356 g/mol. The van der Waals surface area contributed by atoms with Gasteiger partial charge in [-0.05, 0) is 66.3 Å². The van der Waals surface area contributed by atoms with Crippen LogP contribution in [-0.2, 0) is 6.54 Å². The third kappa shape index (κ3) is 6.08.